The van der Waals surface area contributed by atoms with E-state index in [0.29, 0.717) is 16.5 Å². The summed E-state index contributed by atoms with van der Waals surface area (Å²) < 4.78 is 5.46. The normalized spacial score (nSPS) is 10.1. The van der Waals surface area contributed by atoms with Crippen LogP contribution in [0.3, 0.4) is 0 Å². The first kappa shape index (κ1) is 10.6. The van der Waals surface area contributed by atoms with Crippen molar-refractivity contribution in [2.24, 2.45) is 0 Å². The average Bonchev–Trinajstić information content (AvgIpc) is 2.28. The Hall–Kier alpha value is -1.94. The first-order valence-electron chi connectivity index (χ1n) is 4.53. The van der Waals surface area contributed by atoms with E-state index in [4.69, 9.17) is 22.1 Å². The van der Waals surface area contributed by atoms with Crippen molar-refractivity contribution >= 4 is 17.3 Å². The van der Waals surface area contributed by atoms with E-state index in [-0.39, 0.29) is 11.4 Å². The van der Waals surface area contributed by atoms with Gasteiger partial charge in [0.2, 0.25) is 0 Å². The summed E-state index contributed by atoms with van der Waals surface area (Å²) in [5.74, 6) is 0.768. The fourth-order valence-corrected chi connectivity index (χ4v) is 1.34. The minimum absolute atomic E-state index is 0.0253. The summed E-state index contributed by atoms with van der Waals surface area (Å²) in [5, 5.41) is 9.78. The van der Waals surface area contributed by atoms with Crippen LogP contribution in [0.1, 0.15) is 0 Å². The summed E-state index contributed by atoms with van der Waals surface area (Å²) in [7, 11) is 0. The number of nitrogens with two attached hydrogens (primary N) is 1. The third-order valence-electron chi connectivity index (χ3n) is 2.00. The van der Waals surface area contributed by atoms with Gasteiger partial charge in [0.1, 0.15) is 22.2 Å². The van der Waals surface area contributed by atoms with E-state index >= 15 is 0 Å². The fourth-order valence-electron chi connectivity index (χ4n) is 1.19. The largest absolute Gasteiger partial charge is 0.506 e. The van der Waals surface area contributed by atoms with Gasteiger partial charge >= 0.3 is 0 Å². The molecule has 1 heterocycles. The molecule has 1 aromatic heterocycles. The van der Waals surface area contributed by atoms with E-state index in [1.165, 1.54) is 12.3 Å². The molecule has 0 aliphatic heterocycles. The number of para-hydroxylation sites is 1. The Bertz CT molecular complexity index is 517. The van der Waals surface area contributed by atoms with E-state index in [1.54, 1.807) is 24.4 Å². The number of aromatic nitrogens is 1. The number of hydrogen-bond acceptors (Lipinski definition) is 4. The zero-order valence-corrected chi connectivity index (χ0v) is 8.98. The summed E-state index contributed by atoms with van der Waals surface area (Å²) >= 11 is 5.88. The predicted octanol–water partition coefficient (Wildman–Crippen LogP) is 2.82. The lowest BCUT2D eigenvalue weighted by molar-refractivity contribution is 0.459. The molecule has 82 valence electrons. The third kappa shape index (κ3) is 2.01. The van der Waals surface area contributed by atoms with Gasteiger partial charge in [0.25, 0.3) is 0 Å². The van der Waals surface area contributed by atoms with Crippen LogP contribution in [0, 0.1) is 0 Å². The van der Waals surface area contributed by atoms with Crippen molar-refractivity contribution in [3.05, 3.63) is 41.7 Å². The van der Waals surface area contributed by atoms with Crippen molar-refractivity contribution < 1.29 is 9.84 Å². The lowest BCUT2D eigenvalue weighted by atomic mass is 10.3. The Kier molecular flexibility index (Phi) is 2.83. The molecule has 0 amide bonds. The summed E-state index contributed by atoms with van der Waals surface area (Å²) in [6.07, 6.45) is 3.02. The SMILES string of the molecule is Nc1c(O)cccc1Oc1ccncc1Cl. The van der Waals surface area contributed by atoms with Crippen LogP contribution in [0.15, 0.2) is 36.7 Å². The van der Waals surface area contributed by atoms with Crippen molar-refractivity contribution in [2.75, 3.05) is 5.73 Å². The van der Waals surface area contributed by atoms with Crippen molar-refractivity contribution in [3.63, 3.8) is 0 Å². The molecule has 3 N–H and O–H groups in total. The molecule has 2 aromatic rings. The maximum Gasteiger partial charge on any atom is 0.154 e. The molecule has 0 aliphatic carbocycles. The lowest BCUT2D eigenvalue weighted by Gasteiger charge is -2.09. The second kappa shape index (κ2) is 4.28. The number of halogens is 1. The van der Waals surface area contributed by atoms with Crippen LogP contribution < -0.4 is 10.5 Å². The summed E-state index contributed by atoms with van der Waals surface area (Å²) in [6.45, 7) is 0. The van der Waals surface area contributed by atoms with Crippen LogP contribution >= 0.6 is 11.6 Å². The van der Waals surface area contributed by atoms with E-state index < -0.39 is 0 Å². The number of anilines is 1. The Morgan fingerprint density at radius 2 is 2.06 bits per heavy atom. The molecule has 0 fully saturated rings. The molecule has 0 radical (unpaired) electrons. The van der Waals surface area contributed by atoms with Crippen molar-refractivity contribution in [3.8, 4) is 17.2 Å². The molecule has 0 bridgehead atoms. The monoisotopic (exact) mass is 236 g/mol. The van der Waals surface area contributed by atoms with Crippen LogP contribution in [0.5, 0.6) is 17.2 Å². The molecule has 0 saturated heterocycles. The van der Waals surface area contributed by atoms with Crippen LogP contribution in [0.2, 0.25) is 5.02 Å². The van der Waals surface area contributed by atoms with Crippen molar-refractivity contribution in [1.82, 2.24) is 4.98 Å². The molecule has 5 heteroatoms. The second-order valence-electron chi connectivity index (χ2n) is 3.10. The number of aromatic hydroxyl groups is 1. The molecule has 0 spiro atoms. The molecular formula is C11H9ClN2O2. The highest BCUT2D eigenvalue weighted by molar-refractivity contribution is 6.31. The molecule has 2 rings (SSSR count). The highest BCUT2D eigenvalue weighted by Crippen LogP contribution is 2.35. The first-order chi connectivity index (χ1) is 7.68. The smallest absolute Gasteiger partial charge is 0.154 e. The molecule has 16 heavy (non-hydrogen) atoms. The molecule has 0 saturated carbocycles. The van der Waals surface area contributed by atoms with Crippen molar-refractivity contribution in [1.29, 1.82) is 0 Å². The molecule has 1 aromatic carbocycles. The summed E-state index contributed by atoms with van der Waals surface area (Å²) in [5.41, 5.74) is 5.82. The minimum atomic E-state index is -0.0253. The van der Waals surface area contributed by atoms with Crippen LogP contribution in [0.4, 0.5) is 5.69 Å². The molecule has 0 aliphatic rings. The van der Waals surface area contributed by atoms with E-state index in [0.717, 1.165) is 0 Å². The number of phenols is 1. The van der Waals surface area contributed by atoms with Crippen LogP contribution in [-0.2, 0) is 0 Å². The fraction of sp³-hybridized carbons (Fsp3) is 0. The standard InChI is InChI=1S/C11H9ClN2O2/c12-7-6-14-5-4-9(7)16-10-3-1-2-8(15)11(10)13/h1-6,15H,13H2. The molecule has 0 unspecified atom stereocenters. The molecule has 0 atom stereocenters. The Labute approximate surface area is 97.3 Å². The van der Waals surface area contributed by atoms with Gasteiger partial charge in [-0.05, 0) is 12.1 Å². The van der Waals surface area contributed by atoms with Crippen LogP contribution in [-0.4, -0.2) is 10.1 Å². The van der Waals surface area contributed by atoms with Gasteiger partial charge in [0.15, 0.2) is 5.75 Å². The number of nitrogen functional groups attached to an aromatic ring is 1. The molecule has 4 nitrogen and oxygen atoms in total. The topological polar surface area (TPSA) is 68.4 Å². The zero-order chi connectivity index (χ0) is 11.5. The number of ether oxygens (including phenoxy) is 1. The van der Waals surface area contributed by atoms with Gasteiger partial charge in [-0.3, -0.25) is 4.98 Å². The van der Waals surface area contributed by atoms with Gasteiger partial charge in [-0.1, -0.05) is 17.7 Å². The number of hydrogen-bond donors (Lipinski definition) is 2. The zero-order valence-electron chi connectivity index (χ0n) is 8.22. The number of benzene rings is 1. The predicted molar refractivity (Wildman–Crippen MR) is 61.8 cm³/mol. The number of nitrogens with zero attached hydrogens (tertiary/aromatic N) is 1. The van der Waals surface area contributed by atoms with Crippen molar-refractivity contribution in [2.45, 2.75) is 0 Å². The molecular weight excluding hydrogens is 228 g/mol. The van der Waals surface area contributed by atoms with Gasteiger partial charge in [-0.25, -0.2) is 0 Å². The lowest BCUT2D eigenvalue weighted by Crippen LogP contribution is -1.92. The summed E-state index contributed by atoms with van der Waals surface area (Å²) in [6, 6.07) is 6.38. The van der Waals surface area contributed by atoms with Gasteiger partial charge in [0.05, 0.1) is 0 Å². The van der Waals surface area contributed by atoms with Gasteiger partial charge in [-0.2, -0.15) is 0 Å². The first-order valence-corrected chi connectivity index (χ1v) is 4.91. The number of rotatable bonds is 2. The maximum atomic E-state index is 9.40. The average molecular weight is 237 g/mol. The summed E-state index contributed by atoms with van der Waals surface area (Å²) in [4.78, 5) is 3.83. The van der Waals surface area contributed by atoms with Gasteiger partial charge in [0, 0.05) is 18.5 Å². The van der Waals surface area contributed by atoms with E-state index in [2.05, 4.69) is 4.98 Å². The Balaban J connectivity index is 2.35. The Morgan fingerprint density at radius 1 is 1.25 bits per heavy atom. The maximum absolute atomic E-state index is 9.40. The Morgan fingerprint density at radius 3 is 2.81 bits per heavy atom. The van der Waals surface area contributed by atoms with Crippen LogP contribution in [0.25, 0.3) is 0 Å². The van der Waals surface area contributed by atoms with E-state index in [9.17, 15) is 5.11 Å². The quantitative estimate of drug-likeness (QED) is 0.622. The highest BCUT2D eigenvalue weighted by Gasteiger charge is 2.07. The minimum Gasteiger partial charge on any atom is -0.506 e. The second-order valence-corrected chi connectivity index (χ2v) is 3.50. The third-order valence-corrected chi connectivity index (χ3v) is 2.28. The van der Waals surface area contributed by atoms with Gasteiger partial charge < -0.3 is 15.6 Å². The number of phenolic OH excluding ortho intramolecular Hbond substituents is 1. The highest BCUT2D eigenvalue weighted by atomic mass is 35.5. The van der Waals surface area contributed by atoms with E-state index in [1.807, 2.05) is 0 Å². The number of pyridine rings is 1. The van der Waals surface area contributed by atoms with Gasteiger partial charge in [-0.15, -0.1) is 0 Å².